The van der Waals surface area contributed by atoms with Crippen LogP contribution >= 0.6 is 0 Å². The van der Waals surface area contributed by atoms with Crippen LogP contribution in [0.5, 0.6) is 0 Å². The smallest absolute Gasteiger partial charge is 0.340 e. The zero-order valence-corrected chi connectivity index (χ0v) is 9.33. The number of benzene rings is 2. The summed E-state index contributed by atoms with van der Waals surface area (Å²) in [6, 6.07) is 13.6. The molecule has 0 heterocycles. The topological polar surface area (TPSA) is 78.8 Å². The summed E-state index contributed by atoms with van der Waals surface area (Å²) in [4.78, 5) is 21.7. The van der Waals surface area contributed by atoms with Gasteiger partial charge in [0.15, 0.2) is 0 Å². The number of carbonyl (C=O) groups is 1. The highest BCUT2D eigenvalue weighted by atomic mass is 16.4. The van der Waals surface area contributed by atoms with Crippen LogP contribution in [0, 0.1) is 4.91 Å². The Labute approximate surface area is 103 Å². The molecule has 90 valence electrons. The molecule has 0 spiro atoms. The standard InChI is InChI=1S/C13H10N2O3/c16-13(17)12-10(7-4-8-11(12)15-18)14-9-5-2-1-3-6-9/h1-8,14H,(H,16,17). The van der Waals surface area contributed by atoms with Gasteiger partial charge in [0.05, 0.1) is 5.69 Å². The summed E-state index contributed by atoms with van der Waals surface area (Å²) >= 11 is 0. The van der Waals surface area contributed by atoms with Crippen molar-refractivity contribution in [3.8, 4) is 0 Å². The van der Waals surface area contributed by atoms with E-state index in [1.165, 1.54) is 6.07 Å². The van der Waals surface area contributed by atoms with Gasteiger partial charge in [0.1, 0.15) is 11.3 Å². The molecule has 0 aromatic heterocycles. The van der Waals surface area contributed by atoms with Gasteiger partial charge in [0.2, 0.25) is 0 Å². The Kier molecular flexibility index (Phi) is 3.33. The number of carboxylic acids is 1. The third kappa shape index (κ3) is 2.35. The molecule has 0 saturated heterocycles. The number of aromatic carboxylic acids is 1. The van der Waals surface area contributed by atoms with Gasteiger partial charge in [-0.15, -0.1) is 4.91 Å². The first-order valence-electron chi connectivity index (χ1n) is 5.24. The normalized spacial score (nSPS) is 9.78. The summed E-state index contributed by atoms with van der Waals surface area (Å²) in [5, 5.41) is 14.8. The SMILES string of the molecule is O=Nc1cccc(Nc2ccccc2)c1C(=O)O. The molecule has 0 bridgehead atoms. The predicted octanol–water partition coefficient (Wildman–Crippen LogP) is 3.53. The third-order valence-electron chi connectivity index (χ3n) is 2.41. The van der Waals surface area contributed by atoms with Gasteiger partial charge in [-0.1, -0.05) is 24.3 Å². The largest absolute Gasteiger partial charge is 0.478 e. The molecule has 0 aliphatic carbocycles. The summed E-state index contributed by atoms with van der Waals surface area (Å²) in [6.45, 7) is 0. The molecule has 5 nitrogen and oxygen atoms in total. The van der Waals surface area contributed by atoms with Gasteiger partial charge in [-0.3, -0.25) is 0 Å². The number of anilines is 2. The number of hydrogen-bond donors (Lipinski definition) is 2. The lowest BCUT2D eigenvalue weighted by Gasteiger charge is -2.10. The Hall–Kier alpha value is -2.69. The number of rotatable bonds is 4. The first-order chi connectivity index (χ1) is 8.72. The van der Waals surface area contributed by atoms with Crippen molar-refractivity contribution in [2.45, 2.75) is 0 Å². The van der Waals surface area contributed by atoms with E-state index in [4.69, 9.17) is 5.11 Å². The molecule has 0 unspecified atom stereocenters. The Bertz CT molecular complexity index is 582. The van der Waals surface area contributed by atoms with E-state index < -0.39 is 5.97 Å². The predicted molar refractivity (Wildman–Crippen MR) is 68.6 cm³/mol. The van der Waals surface area contributed by atoms with Crippen molar-refractivity contribution in [3.05, 3.63) is 59.0 Å². The molecule has 2 aromatic rings. The van der Waals surface area contributed by atoms with Crippen LogP contribution in [0.1, 0.15) is 10.4 Å². The van der Waals surface area contributed by atoms with Crippen molar-refractivity contribution >= 4 is 23.0 Å². The quantitative estimate of drug-likeness (QED) is 0.804. The number of nitrogens with one attached hydrogen (secondary N) is 1. The van der Waals surface area contributed by atoms with Crippen molar-refractivity contribution in [2.24, 2.45) is 5.18 Å². The molecule has 0 fully saturated rings. The minimum Gasteiger partial charge on any atom is -0.478 e. The van der Waals surface area contributed by atoms with E-state index in [0.29, 0.717) is 5.69 Å². The molecule has 2 rings (SSSR count). The molecular weight excluding hydrogens is 232 g/mol. The van der Waals surface area contributed by atoms with Crippen molar-refractivity contribution < 1.29 is 9.90 Å². The maximum atomic E-state index is 11.2. The van der Waals surface area contributed by atoms with Gasteiger partial charge in [0, 0.05) is 5.69 Å². The van der Waals surface area contributed by atoms with E-state index in [2.05, 4.69) is 10.5 Å². The molecule has 0 aliphatic heterocycles. The number of nitrogens with zero attached hydrogens (tertiary/aromatic N) is 1. The Morgan fingerprint density at radius 1 is 1.06 bits per heavy atom. The second-order valence-electron chi connectivity index (χ2n) is 3.59. The average molecular weight is 242 g/mol. The molecule has 18 heavy (non-hydrogen) atoms. The molecule has 0 amide bonds. The van der Waals surface area contributed by atoms with Crippen LogP contribution in [-0.4, -0.2) is 11.1 Å². The van der Waals surface area contributed by atoms with Crippen LogP contribution in [0.3, 0.4) is 0 Å². The van der Waals surface area contributed by atoms with Gasteiger partial charge < -0.3 is 10.4 Å². The Balaban J connectivity index is 2.45. The van der Waals surface area contributed by atoms with E-state index in [1.54, 1.807) is 24.3 Å². The fourth-order valence-electron chi connectivity index (χ4n) is 1.62. The van der Waals surface area contributed by atoms with E-state index in [-0.39, 0.29) is 11.3 Å². The van der Waals surface area contributed by atoms with Gasteiger partial charge in [-0.05, 0) is 29.4 Å². The summed E-state index contributed by atoms with van der Waals surface area (Å²) in [6.07, 6.45) is 0. The van der Waals surface area contributed by atoms with Gasteiger partial charge in [-0.25, -0.2) is 4.79 Å². The lowest BCUT2D eigenvalue weighted by molar-refractivity contribution is 0.0699. The minimum atomic E-state index is -1.19. The monoisotopic (exact) mass is 242 g/mol. The summed E-state index contributed by atoms with van der Waals surface area (Å²) < 4.78 is 0. The van der Waals surface area contributed by atoms with Crippen molar-refractivity contribution in [2.75, 3.05) is 5.32 Å². The minimum absolute atomic E-state index is 0.0940. The first kappa shape index (κ1) is 11.8. The molecule has 2 N–H and O–H groups in total. The Morgan fingerprint density at radius 2 is 1.78 bits per heavy atom. The molecule has 0 aliphatic rings. The zero-order chi connectivity index (χ0) is 13.0. The van der Waals surface area contributed by atoms with Crippen LogP contribution in [0.15, 0.2) is 53.7 Å². The van der Waals surface area contributed by atoms with Gasteiger partial charge in [0.25, 0.3) is 0 Å². The second kappa shape index (κ2) is 5.09. The highest BCUT2D eigenvalue weighted by Gasteiger charge is 2.16. The number of carboxylic acid groups (broad SMARTS) is 1. The van der Waals surface area contributed by atoms with Crippen LogP contribution in [0.4, 0.5) is 17.1 Å². The van der Waals surface area contributed by atoms with Crippen molar-refractivity contribution in [3.63, 3.8) is 0 Å². The fourth-order valence-corrected chi connectivity index (χ4v) is 1.62. The summed E-state index contributed by atoms with van der Waals surface area (Å²) in [5.74, 6) is -1.19. The van der Waals surface area contributed by atoms with Crippen LogP contribution in [0.2, 0.25) is 0 Å². The van der Waals surface area contributed by atoms with Gasteiger partial charge in [-0.2, -0.15) is 0 Å². The molecule has 0 saturated carbocycles. The van der Waals surface area contributed by atoms with Crippen molar-refractivity contribution in [1.29, 1.82) is 0 Å². The number of para-hydroxylation sites is 1. The second-order valence-corrected chi connectivity index (χ2v) is 3.59. The molecule has 0 atom stereocenters. The fraction of sp³-hybridized carbons (Fsp3) is 0. The lowest BCUT2D eigenvalue weighted by atomic mass is 10.1. The zero-order valence-electron chi connectivity index (χ0n) is 9.33. The van der Waals surface area contributed by atoms with Crippen molar-refractivity contribution in [1.82, 2.24) is 0 Å². The maximum absolute atomic E-state index is 11.2. The van der Waals surface area contributed by atoms with Crippen LogP contribution in [0.25, 0.3) is 0 Å². The lowest BCUT2D eigenvalue weighted by Crippen LogP contribution is -2.03. The van der Waals surface area contributed by atoms with Crippen LogP contribution < -0.4 is 5.32 Å². The van der Waals surface area contributed by atoms with Gasteiger partial charge >= 0.3 is 5.97 Å². The molecule has 5 heteroatoms. The first-order valence-corrected chi connectivity index (χ1v) is 5.24. The maximum Gasteiger partial charge on any atom is 0.340 e. The molecule has 2 aromatic carbocycles. The highest BCUT2D eigenvalue weighted by molar-refractivity contribution is 6.00. The Morgan fingerprint density at radius 3 is 2.39 bits per heavy atom. The van der Waals surface area contributed by atoms with E-state index in [1.807, 2.05) is 18.2 Å². The third-order valence-corrected chi connectivity index (χ3v) is 2.41. The van der Waals surface area contributed by atoms with Crippen LogP contribution in [-0.2, 0) is 0 Å². The summed E-state index contributed by atoms with van der Waals surface area (Å²) in [5.41, 5.74) is 0.855. The number of hydrogen-bond acceptors (Lipinski definition) is 4. The summed E-state index contributed by atoms with van der Waals surface area (Å²) in [7, 11) is 0. The molecule has 0 radical (unpaired) electrons. The van der Waals surface area contributed by atoms with E-state index in [9.17, 15) is 9.70 Å². The average Bonchev–Trinajstić information content (AvgIpc) is 2.39. The van der Waals surface area contributed by atoms with E-state index in [0.717, 1.165) is 5.69 Å². The van der Waals surface area contributed by atoms with E-state index >= 15 is 0 Å². The number of nitroso groups, excluding NO2 is 1. The molecular formula is C13H10N2O3. The highest BCUT2D eigenvalue weighted by Crippen LogP contribution is 2.29.